The molecule has 1 aliphatic rings. The van der Waals surface area contributed by atoms with Crippen LogP contribution in [0.4, 0.5) is 18.9 Å². The maximum Gasteiger partial charge on any atom is 0.418 e. The van der Waals surface area contributed by atoms with Gasteiger partial charge in [0.05, 0.1) is 5.56 Å². The van der Waals surface area contributed by atoms with Crippen LogP contribution in [0.3, 0.4) is 0 Å². The molecule has 1 aromatic carbocycles. The summed E-state index contributed by atoms with van der Waals surface area (Å²) in [5.74, 6) is 0. The van der Waals surface area contributed by atoms with E-state index in [2.05, 4.69) is 21.2 Å². The number of rotatable bonds is 1. The van der Waals surface area contributed by atoms with Gasteiger partial charge in [-0.1, -0.05) is 15.9 Å². The van der Waals surface area contributed by atoms with E-state index < -0.39 is 11.7 Å². The maximum absolute atomic E-state index is 13.2. The van der Waals surface area contributed by atoms with E-state index in [1.807, 2.05) is 18.7 Å². The van der Waals surface area contributed by atoms with Crippen molar-refractivity contribution in [3.05, 3.63) is 28.2 Å². The van der Waals surface area contributed by atoms with Crippen molar-refractivity contribution < 1.29 is 13.2 Å². The van der Waals surface area contributed by atoms with Gasteiger partial charge in [-0.3, -0.25) is 0 Å². The van der Waals surface area contributed by atoms with Gasteiger partial charge in [-0.2, -0.15) is 13.2 Å². The molecule has 1 aromatic rings. The molecule has 6 heteroatoms. The summed E-state index contributed by atoms with van der Waals surface area (Å²) in [4.78, 5) is 1.83. The first-order chi connectivity index (χ1) is 9.19. The van der Waals surface area contributed by atoms with E-state index >= 15 is 0 Å². The number of halogens is 4. The lowest BCUT2D eigenvalue weighted by Crippen LogP contribution is -2.46. The molecule has 0 spiro atoms. The molecule has 1 fully saturated rings. The molecule has 0 radical (unpaired) electrons. The largest absolute Gasteiger partial charge is 0.418 e. The summed E-state index contributed by atoms with van der Waals surface area (Å²) in [6.45, 7) is 6.02. The topological polar surface area (TPSA) is 15.3 Å². The number of nitrogens with one attached hydrogen (secondary N) is 1. The molecule has 0 saturated carbocycles. The zero-order valence-corrected chi connectivity index (χ0v) is 13.1. The Balaban J connectivity index is 2.41. The first-order valence-electron chi connectivity index (χ1n) is 6.56. The van der Waals surface area contributed by atoms with Gasteiger partial charge in [0, 0.05) is 28.8 Å². The first kappa shape index (κ1) is 15.6. The van der Waals surface area contributed by atoms with Crippen LogP contribution < -0.4 is 10.2 Å². The van der Waals surface area contributed by atoms with E-state index in [-0.39, 0.29) is 11.2 Å². The van der Waals surface area contributed by atoms with Crippen LogP contribution in [-0.4, -0.2) is 25.2 Å². The lowest BCUT2D eigenvalue weighted by atomic mass is 10.0. The van der Waals surface area contributed by atoms with E-state index in [0.29, 0.717) is 17.6 Å². The Bertz CT molecular complexity index is 486. The average Bonchev–Trinajstić information content (AvgIpc) is 2.49. The van der Waals surface area contributed by atoms with Gasteiger partial charge in [-0.15, -0.1) is 0 Å². The molecule has 1 saturated heterocycles. The minimum Gasteiger partial charge on any atom is -0.369 e. The molecule has 2 nitrogen and oxygen atoms in total. The highest BCUT2D eigenvalue weighted by Crippen LogP contribution is 2.38. The Hall–Kier alpha value is -0.750. The second-order valence-electron chi connectivity index (χ2n) is 5.74. The van der Waals surface area contributed by atoms with Gasteiger partial charge >= 0.3 is 6.18 Å². The van der Waals surface area contributed by atoms with Gasteiger partial charge in [-0.25, -0.2) is 0 Å². The molecule has 0 aromatic heterocycles. The molecule has 112 valence electrons. The van der Waals surface area contributed by atoms with E-state index in [1.54, 1.807) is 12.1 Å². The summed E-state index contributed by atoms with van der Waals surface area (Å²) >= 11 is 3.12. The molecule has 0 amide bonds. The lowest BCUT2D eigenvalue weighted by molar-refractivity contribution is -0.137. The third kappa shape index (κ3) is 3.67. The molecule has 0 unspecified atom stereocenters. The molecule has 1 aliphatic heterocycles. The van der Waals surface area contributed by atoms with Gasteiger partial charge in [0.2, 0.25) is 0 Å². The third-order valence-electron chi connectivity index (χ3n) is 3.40. The van der Waals surface area contributed by atoms with Crippen molar-refractivity contribution >= 4 is 21.6 Å². The molecule has 0 bridgehead atoms. The highest BCUT2D eigenvalue weighted by Gasteiger charge is 2.36. The van der Waals surface area contributed by atoms with Crippen LogP contribution in [0.25, 0.3) is 0 Å². The summed E-state index contributed by atoms with van der Waals surface area (Å²) in [6, 6.07) is 4.37. The number of nitrogens with zero attached hydrogens (tertiary/aromatic N) is 1. The second-order valence-corrected chi connectivity index (χ2v) is 6.66. The highest BCUT2D eigenvalue weighted by atomic mass is 79.9. The molecular formula is C14H18BrF3N2. The van der Waals surface area contributed by atoms with Crippen LogP contribution >= 0.6 is 15.9 Å². The van der Waals surface area contributed by atoms with Crippen LogP contribution in [0.5, 0.6) is 0 Å². The normalized spacial score (nSPS) is 19.8. The predicted octanol–water partition coefficient (Wildman–Crippen LogP) is 4.05. The van der Waals surface area contributed by atoms with Crippen LogP contribution in [0.1, 0.15) is 25.8 Å². The number of alkyl halides is 3. The van der Waals surface area contributed by atoms with E-state index in [0.717, 1.165) is 19.0 Å². The fourth-order valence-corrected chi connectivity index (χ4v) is 2.89. The van der Waals surface area contributed by atoms with E-state index in [9.17, 15) is 13.2 Å². The molecule has 0 atom stereocenters. The lowest BCUT2D eigenvalue weighted by Gasteiger charge is -2.33. The summed E-state index contributed by atoms with van der Waals surface area (Å²) in [5.41, 5.74) is -0.519. The molecular weight excluding hydrogens is 333 g/mol. The van der Waals surface area contributed by atoms with Crippen LogP contribution in [0.2, 0.25) is 0 Å². The van der Waals surface area contributed by atoms with Gasteiger partial charge in [0.25, 0.3) is 0 Å². The number of benzene rings is 1. The molecule has 1 N–H and O–H groups in total. The average molecular weight is 351 g/mol. The fraction of sp³-hybridized carbons (Fsp3) is 0.571. The Kier molecular flexibility index (Phi) is 4.35. The van der Waals surface area contributed by atoms with E-state index in [1.165, 1.54) is 0 Å². The van der Waals surface area contributed by atoms with Gasteiger partial charge in [-0.05, 0) is 45.0 Å². The van der Waals surface area contributed by atoms with Crippen molar-refractivity contribution in [1.29, 1.82) is 0 Å². The van der Waals surface area contributed by atoms with Crippen molar-refractivity contribution in [3.8, 4) is 0 Å². The zero-order chi connectivity index (χ0) is 15.0. The standard InChI is InChI=1S/C14H18BrF3N2/c1-13(2)9-20(7-3-6-19-13)12-5-4-10(15)8-11(12)14(16,17)18/h4-5,8,19H,3,6-7,9H2,1-2H3. The van der Waals surface area contributed by atoms with Crippen molar-refractivity contribution in [3.63, 3.8) is 0 Å². The summed E-state index contributed by atoms with van der Waals surface area (Å²) in [6.07, 6.45) is -3.51. The predicted molar refractivity (Wildman–Crippen MR) is 78.1 cm³/mol. The zero-order valence-electron chi connectivity index (χ0n) is 11.5. The Morgan fingerprint density at radius 1 is 1.30 bits per heavy atom. The second kappa shape index (κ2) is 5.56. The monoisotopic (exact) mass is 350 g/mol. The summed E-state index contributed by atoms with van der Waals surface area (Å²) < 4.78 is 40.1. The fourth-order valence-electron chi connectivity index (χ4n) is 2.53. The molecule has 1 heterocycles. The van der Waals surface area contributed by atoms with Gasteiger partial charge in [0.15, 0.2) is 0 Å². The van der Waals surface area contributed by atoms with Gasteiger partial charge < -0.3 is 10.2 Å². The SMILES string of the molecule is CC1(C)CN(c2ccc(Br)cc2C(F)(F)F)CCCN1. The summed E-state index contributed by atoms with van der Waals surface area (Å²) in [7, 11) is 0. The number of hydrogen-bond donors (Lipinski definition) is 1. The minimum absolute atomic E-state index is 0.202. The van der Waals surface area contributed by atoms with E-state index in [4.69, 9.17) is 0 Å². The first-order valence-corrected chi connectivity index (χ1v) is 7.35. The quantitative estimate of drug-likeness (QED) is 0.821. The van der Waals surface area contributed by atoms with Crippen molar-refractivity contribution in [2.24, 2.45) is 0 Å². The number of anilines is 1. The van der Waals surface area contributed by atoms with Crippen LogP contribution in [0, 0.1) is 0 Å². The minimum atomic E-state index is -4.34. The Morgan fingerprint density at radius 2 is 2.00 bits per heavy atom. The van der Waals surface area contributed by atoms with Gasteiger partial charge in [0.1, 0.15) is 0 Å². The van der Waals surface area contributed by atoms with Crippen molar-refractivity contribution in [1.82, 2.24) is 5.32 Å². The van der Waals surface area contributed by atoms with Crippen molar-refractivity contribution in [2.75, 3.05) is 24.5 Å². The van der Waals surface area contributed by atoms with Crippen LogP contribution in [0.15, 0.2) is 22.7 Å². The maximum atomic E-state index is 13.2. The van der Waals surface area contributed by atoms with Crippen LogP contribution in [-0.2, 0) is 6.18 Å². The Morgan fingerprint density at radius 3 is 2.65 bits per heavy atom. The Labute approximate surface area is 125 Å². The highest BCUT2D eigenvalue weighted by molar-refractivity contribution is 9.10. The molecule has 20 heavy (non-hydrogen) atoms. The van der Waals surface area contributed by atoms with Crippen molar-refractivity contribution in [2.45, 2.75) is 32.0 Å². The summed E-state index contributed by atoms with van der Waals surface area (Å²) in [5, 5.41) is 3.36. The molecule has 2 rings (SSSR count). The smallest absolute Gasteiger partial charge is 0.369 e. The number of hydrogen-bond acceptors (Lipinski definition) is 2. The molecule has 0 aliphatic carbocycles. The third-order valence-corrected chi connectivity index (χ3v) is 3.89.